The summed E-state index contributed by atoms with van der Waals surface area (Å²) >= 11 is 0. The van der Waals surface area contributed by atoms with E-state index < -0.39 is 10.0 Å². The van der Waals surface area contributed by atoms with Crippen LogP contribution in [0.1, 0.15) is 44.6 Å². The molecule has 1 saturated carbocycles. The third-order valence-electron chi connectivity index (χ3n) is 5.13. The largest absolute Gasteiger partial charge is 0.497 e. The zero-order valence-electron chi connectivity index (χ0n) is 18.2. The van der Waals surface area contributed by atoms with E-state index in [-0.39, 0.29) is 29.7 Å². The van der Waals surface area contributed by atoms with Crippen molar-refractivity contribution in [2.75, 3.05) is 39.0 Å². The van der Waals surface area contributed by atoms with E-state index in [1.807, 2.05) is 19.1 Å². The van der Waals surface area contributed by atoms with Crippen LogP contribution in [0.4, 0.5) is 0 Å². The second-order valence-corrected chi connectivity index (χ2v) is 9.38. The van der Waals surface area contributed by atoms with Crippen molar-refractivity contribution in [2.24, 2.45) is 10.9 Å². The summed E-state index contributed by atoms with van der Waals surface area (Å²) in [5, 5.41) is 6.29. The first-order valence-corrected chi connectivity index (χ1v) is 12.3. The monoisotopic (exact) mass is 552 g/mol. The number of nitrogens with one attached hydrogen (secondary N) is 3. The molecule has 1 fully saturated rings. The minimum absolute atomic E-state index is 0. The Kier molecular flexibility index (Phi) is 13.3. The van der Waals surface area contributed by atoms with Gasteiger partial charge in [-0.1, -0.05) is 18.6 Å². The minimum Gasteiger partial charge on any atom is -0.497 e. The number of hydrogen-bond donors (Lipinski definition) is 3. The number of hydrogen-bond acceptors (Lipinski definition) is 4. The lowest BCUT2D eigenvalue weighted by Crippen LogP contribution is -2.42. The maximum Gasteiger partial charge on any atom is 0.213 e. The predicted octanol–water partition coefficient (Wildman–Crippen LogP) is 2.91. The quantitative estimate of drug-likeness (QED) is 0.152. The van der Waals surface area contributed by atoms with Crippen molar-refractivity contribution >= 4 is 40.0 Å². The van der Waals surface area contributed by atoms with Crippen LogP contribution in [-0.2, 0) is 16.4 Å². The second kappa shape index (κ2) is 14.9. The maximum absolute atomic E-state index is 12.1. The van der Waals surface area contributed by atoms with Gasteiger partial charge in [0.15, 0.2) is 5.96 Å². The number of nitrogens with zero attached hydrogens (tertiary/aromatic N) is 1. The van der Waals surface area contributed by atoms with Gasteiger partial charge in [-0.2, -0.15) is 0 Å². The molecule has 0 heterocycles. The van der Waals surface area contributed by atoms with Crippen LogP contribution in [0, 0.1) is 5.92 Å². The molecule has 1 aromatic carbocycles. The van der Waals surface area contributed by atoms with Crippen LogP contribution < -0.4 is 20.1 Å². The Labute approximate surface area is 198 Å². The number of sulfonamides is 1. The third-order valence-corrected chi connectivity index (χ3v) is 6.47. The summed E-state index contributed by atoms with van der Waals surface area (Å²) in [6.45, 7) is 4.36. The molecule has 1 aliphatic rings. The van der Waals surface area contributed by atoms with Gasteiger partial charge in [-0.3, -0.25) is 4.99 Å². The van der Waals surface area contributed by atoms with Gasteiger partial charge >= 0.3 is 0 Å². The van der Waals surface area contributed by atoms with Gasteiger partial charge in [0.05, 0.1) is 12.9 Å². The van der Waals surface area contributed by atoms with Crippen LogP contribution in [-0.4, -0.2) is 53.4 Å². The summed E-state index contributed by atoms with van der Waals surface area (Å²) in [7, 11) is -1.56. The fourth-order valence-corrected chi connectivity index (χ4v) is 4.09. The van der Waals surface area contributed by atoms with E-state index in [2.05, 4.69) is 32.5 Å². The highest BCUT2D eigenvalue weighted by atomic mass is 127. The summed E-state index contributed by atoms with van der Waals surface area (Å²) in [5.74, 6) is 2.13. The van der Waals surface area contributed by atoms with Crippen molar-refractivity contribution < 1.29 is 13.2 Å². The Morgan fingerprint density at radius 1 is 1.17 bits per heavy atom. The van der Waals surface area contributed by atoms with Crippen molar-refractivity contribution in [3.05, 3.63) is 29.8 Å². The molecule has 0 amide bonds. The summed E-state index contributed by atoms with van der Waals surface area (Å²) in [6, 6.07) is 8.14. The van der Waals surface area contributed by atoms with Crippen LogP contribution >= 0.6 is 24.0 Å². The lowest BCUT2D eigenvalue weighted by molar-refractivity contribution is 0.316. The van der Waals surface area contributed by atoms with E-state index in [1.165, 1.54) is 12.0 Å². The average Bonchev–Trinajstić information content (AvgIpc) is 2.66. The molecule has 0 spiro atoms. The van der Waals surface area contributed by atoms with E-state index in [9.17, 15) is 8.42 Å². The van der Waals surface area contributed by atoms with E-state index in [0.717, 1.165) is 44.4 Å². The first-order chi connectivity index (χ1) is 14.0. The third kappa shape index (κ3) is 10.8. The molecule has 7 nitrogen and oxygen atoms in total. The highest BCUT2D eigenvalue weighted by Gasteiger charge is 2.20. The number of aryl methyl sites for hydroxylation is 1. The first kappa shape index (κ1) is 27.0. The Bertz CT molecular complexity index is 722. The van der Waals surface area contributed by atoms with Gasteiger partial charge in [-0.05, 0) is 62.6 Å². The number of methoxy groups -OCH3 is 1. The second-order valence-electron chi connectivity index (χ2n) is 7.46. The molecule has 0 unspecified atom stereocenters. The van der Waals surface area contributed by atoms with Crippen molar-refractivity contribution in [3.8, 4) is 5.75 Å². The zero-order valence-corrected chi connectivity index (χ0v) is 21.3. The average molecular weight is 553 g/mol. The van der Waals surface area contributed by atoms with Crippen LogP contribution in [0.2, 0.25) is 0 Å². The Balaban J connectivity index is 0.00000450. The number of rotatable bonds is 13. The Hall–Kier alpha value is -1.07. The Morgan fingerprint density at radius 2 is 1.90 bits per heavy atom. The lowest BCUT2D eigenvalue weighted by Gasteiger charge is -2.25. The molecule has 0 atom stereocenters. The van der Waals surface area contributed by atoms with Gasteiger partial charge in [0, 0.05) is 26.2 Å². The van der Waals surface area contributed by atoms with Crippen molar-refractivity contribution in [1.82, 2.24) is 15.4 Å². The number of ether oxygens (including phenoxy) is 1. The molecule has 3 N–H and O–H groups in total. The smallest absolute Gasteiger partial charge is 0.213 e. The molecule has 2 rings (SSSR count). The molecule has 1 aliphatic carbocycles. The summed E-state index contributed by atoms with van der Waals surface area (Å²) < 4.78 is 32.0. The molecule has 30 heavy (non-hydrogen) atoms. The molecule has 1 aromatic rings. The van der Waals surface area contributed by atoms with Crippen LogP contribution in [0.3, 0.4) is 0 Å². The van der Waals surface area contributed by atoms with Gasteiger partial charge in [0.25, 0.3) is 0 Å². The minimum atomic E-state index is -3.23. The summed E-state index contributed by atoms with van der Waals surface area (Å²) in [6.07, 6.45) is 6.52. The van der Waals surface area contributed by atoms with Crippen LogP contribution in [0.15, 0.2) is 29.3 Å². The fraction of sp³-hybridized carbons (Fsp3) is 0.667. The molecule has 0 aliphatic heterocycles. The normalized spacial score (nSPS) is 14.5. The zero-order chi connectivity index (χ0) is 21.0. The number of benzene rings is 1. The SMILES string of the molecule is CCNC(=NCCCCc1ccc(OC)cc1)NCCS(=O)(=O)NCC1CCC1.I. The van der Waals surface area contributed by atoms with Crippen LogP contribution in [0.5, 0.6) is 5.75 Å². The number of unbranched alkanes of at least 4 members (excludes halogenated alkanes) is 1. The molecule has 9 heteroatoms. The highest BCUT2D eigenvalue weighted by Crippen LogP contribution is 2.25. The molecule has 0 saturated heterocycles. The van der Waals surface area contributed by atoms with Crippen LogP contribution in [0.25, 0.3) is 0 Å². The predicted molar refractivity (Wildman–Crippen MR) is 134 cm³/mol. The van der Waals surface area contributed by atoms with Gasteiger partial charge in [-0.25, -0.2) is 13.1 Å². The molecular weight excluding hydrogens is 515 g/mol. The van der Waals surface area contributed by atoms with Crippen molar-refractivity contribution in [2.45, 2.75) is 45.4 Å². The van der Waals surface area contributed by atoms with Crippen molar-refractivity contribution in [3.63, 3.8) is 0 Å². The summed E-state index contributed by atoms with van der Waals surface area (Å²) in [4.78, 5) is 4.55. The molecule has 0 radical (unpaired) electrons. The number of halogens is 1. The number of guanidine groups is 1. The molecule has 0 bridgehead atoms. The van der Waals surface area contributed by atoms with E-state index in [4.69, 9.17) is 4.74 Å². The first-order valence-electron chi connectivity index (χ1n) is 10.6. The lowest BCUT2D eigenvalue weighted by atomic mass is 9.86. The van der Waals surface area contributed by atoms with Gasteiger partial charge in [-0.15, -0.1) is 24.0 Å². The van der Waals surface area contributed by atoms with E-state index >= 15 is 0 Å². The fourth-order valence-electron chi connectivity index (χ4n) is 3.08. The van der Waals surface area contributed by atoms with E-state index in [1.54, 1.807) is 7.11 Å². The topological polar surface area (TPSA) is 91.8 Å². The molecular formula is C21H37IN4O3S. The molecule has 172 valence electrons. The molecule has 0 aromatic heterocycles. The standard InChI is InChI=1S/C21H36N4O3S.HI/c1-3-22-21(24-15-16-29(26,27)25-17-19-8-6-9-19)23-14-5-4-7-18-10-12-20(28-2)13-11-18;/h10-13,19,25H,3-9,14-17H2,1-2H3,(H2,22,23,24);1H. The number of aliphatic imine (C=N–C) groups is 1. The van der Waals surface area contributed by atoms with Gasteiger partial charge < -0.3 is 15.4 Å². The maximum atomic E-state index is 12.1. The summed E-state index contributed by atoms with van der Waals surface area (Å²) in [5.41, 5.74) is 1.29. The van der Waals surface area contributed by atoms with Gasteiger partial charge in [0.2, 0.25) is 10.0 Å². The highest BCUT2D eigenvalue weighted by molar-refractivity contribution is 14.0. The van der Waals surface area contributed by atoms with E-state index in [0.29, 0.717) is 31.5 Å². The van der Waals surface area contributed by atoms with Crippen molar-refractivity contribution in [1.29, 1.82) is 0 Å². The Morgan fingerprint density at radius 3 is 2.50 bits per heavy atom. The van der Waals surface area contributed by atoms with Gasteiger partial charge in [0.1, 0.15) is 5.75 Å².